The van der Waals surface area contributed by atoms with E-state index in [1.54, 1.807) is 12.1 Å². The van der Waals surface area contributed by atoms with Crippen LogP contribution in [0.2, 0.25) is 0 Å². The molecule has 1 N–H and O–H groups in total. The molecule has 2 aromatic rings. The number of hydrogen-bond donors (Lipinski definition) is 1. The van der Waals surface area contributed by atoms with Gasteiger partial charge in [-0.2, -0.15) is 0 Å². The molecule has 0 spiro atoms. The third kappa shape index (κ3) is 6.99. The van der Waals surface area contributed by atoms with Crippen molar-refractivity contribution in [1.29, 1.82) is 0 Å². The molecule has 0 fully saturated rings. The van der Waals surface area contributed by atoms with Gasteiger partial charge in [0.15, 0.2) is 0 Å². The Morgan fingerprint density at radius 2 is 1.50 bits per heavy atom. The molecule has 2 rings (SSSR count). The number of aryl methyl sites for hydroxylation is 1. The van der Waals surface area contributed by atoms with Gasteiger partial charge in [-0.3, -0.25) is 0 Å². The van der Waals surface area contributed by atoms with Gasteiger partial charge in [-0.05, 0) is 35.4 Å². The van der Waals surface area contributed by atoms with Gasteiger partial charge in [0, 0.05) is 0 Å². The second kappa shape index (κ2) is 9.92. The monoisotopic (exact) mass is 326 g/mol. The molecule has 2 nitrogen and oxygen atoms in total. The fourth-order valence-electron chi connectivity index (χ4n) is 2.45. The predicted octanol–water partition coefficient (Wildman–Crippen LogP) is 6.10. The van der Waals surface area contributed by atoms with Gasteiger partial charge < -0.3 is 5.11 Å². The molecule has 0 amide bonds. The molecule has 0 aliphatic heterocycles. The van der Waals surface area contributed by atoms with Gasteiger partial charge in [0.05, 0.1) is 5.56 Å². The maximum Gasteiger partial charge on any atom is 0.335 e. The lowest BCUT2D eigenvalue weighted by atomic mass is 9.87. The molecule has 0 unspecified atom stereocenters. The average molecular weight is 326 g/mol. The van der Waals surface area contributed by atoms with Crippen molar-refractivity contribution < 1.29 is 9.90 Å². The zero-order valence-electron chi connectivity index (χ0n) is 15.4. The molecule has 24 heavy (non-hydrogen) atoms. The maximum atomic E-state index is 10.9. The first-order valence-electron chi connectivity index (χ1n) is 8.73. The standard InChI is InChI=1S/C12H16O2.C10H14/c1-2-3-4-7-10-8-5-6-9-11(10)12(13)14;1-10(2,3)9-7-5-4-6-8-9/h5-6,8-9H,2-4,7H2,1H3,(H,13,14);4-8H,1-3H3. The van der Waals surface area contributed by atoms with E-state index in [0.717, 1.165) is 31.2 Å². The maximum absolute atomic E-state index is 10.9. The van der Waals surface area contributed by atoms with Crippen LogP contribution in [-0.2, 0) is 11.8 Å². The van der Waals surface area contributed by atoms with E-state index in [1.165, 1.54) is 5.56 Å². The summed E-state index contributed by atoms with van der Waals surface area (Å²) in [4.78, 5) is 10.9. The Morgan fingerprint density at radius 1 is 0.917 bits per heavy atom. The van der Waals surface area contributed by atoms with E-state index in [2.05, 4.69) is 58.0 Å². The van der Waals surface area contributed by atoms with Crippen molar-refractivity contribution in [3.05, 3.63) is 71.3 Å². The van der Waals surface area contributed by atoms with Crippen molar-refractivity contribution in [3.8, 4) is 0 Å². The summed E-state index contributed by atoms with van der Waals surface area (Å²) >= 11 is 0. The minimum absolute atomic E-state index is 0.293. The molecule has 0 aromatic heterocycles. The molecule has 0 heterocycles. The summed E-state index contributed by atoms with van der Waals surface area (Å²) in [6, 6.07) is 17.8. The van der Waals surface area contributed by atoms with Crippen LogP contribution in [0, 0.1) is 0 Å². The summed E-state index contributed by atoms with van der Waals surface area (Å²) in [5.74, 6) is -0.822. The number of rotatable bonds is 5. The average Bonchev–Trinajstić information content (AvgIpc) is 2.56. The summed E-state index contributed by atoms with van der Waals surface area (Å²) in [6.07, 6.45) is 4.26. The fourth-order valence-corrected chi connectivity index (χ4v) is 2.45. The molecular weight excluding hydrogens is 296 g/mol. The first-order valence-corrected chi connectivity index (χ1v) is 8.73. The van der Waals surface area contributed by atoms with E-state index in [0.29, 0.717) is 11.0 Å². The molecule has 0 saturated heterocycles. The minimum atomic E-state index is -0.822. The third-order valence-electron chi connectivity index (χ3n) is 3.94. The SMILES string of the molecule is CC(C)(C)c1ccccc1.CCCCCc1ccccc1C(=O)O. The van der Waals surface area contributed by atoms with E-state index < -0.39 is 5.97 Å². The molecule has 0 atom stereocenters. The summed E-state index contributed by atoms with van der Waals surface area (Å²) in [6.45, 7) is 8.82. The number of unbranched alkanes of at least 4 members (excludes halogenated alkanes) is 2. The van der Waals surface area contributed by atoms with Crippen molar-refractivity contribution in [2.45, 2.75) is 58.8 Å². The lowest BCUT2D eigenvalue weighted by molar-refractivity contribution is 0.0695. The molecule has 0 radical (unpaired) electrons. The number of aromatic carboxylic acids is 1. The highest BCUT2D eigenvalue weighted by atomic mass is 16.4. The van der Waals surface area contributed by atoms with E-state index in [4.69, 9.17) is 5.11 Å². The van der Waals surface area contributed by atoms with E-state index in [9.17, 15) is 4.79 Å². The van der Waals surface area contributed by atoms with Gasteiger partial charge >= 0.3 is 5.97 Å². The Morgan fingerprint density at radius 3 is 2.00 bits per heavy atom. The third-order valence-corrected chi connectivity index (χ3v) is 3.94. The van der Waals surface area contributed by atoms with Crippen molar-refractivity contribution in [2.75, 3.05) is 0 Å². The summed E-state index contributed by atoms with van der Waals surface area (Å²) < 4.78 is 0. The molecule has 0 saturated carbocycles. The van der Waals surface area contributed by atoms with E-state index in [-0.39, 0.29) is 0 Å². The lowest BCUT2D eigenvalue weighted by Crippen LogP contribution is -2.10. The Balaban J connectivity index is 0.000000254. The van der Waals surface area contributed by atoms with Crippen LogP contribution < -0.4 is 0 Å². The van der Waals surface area contributed by atoms with Crippen LogP contribution in [0.1, 0.15) is 68.4 Å². The molecule has 0 aliphatic rings. The van der Waals surface area contributed by atoms with Crippen molar-refractivity contribution in [1.82, 2.24) is 0 Å². The van der Waals surface area contributed by atoms with Crippen molar-refractivity contribution >= 4 is 5.97 Å². The van der Waals surface area contributed by atoms with Gasteiger partial charge in [-0.1, -0.05) is 89.1 Å². The number of carboxylic acids is 1. The van der Waals surface area contributed by atoms with Crippen LogP contribution in [0.25, 0.3) is 0 Å². The van der Waals surface area contributed by atoms with Crippen LogP contribution in [0.4, 0.5) is 0 Å². The zero-order valence-corrected chi connectivity index (χ0v) is 15.4. The highest BCUT2D eigenvalue weighted by Gasteiger charge is 2.11. The smallest absolute Gasteiger partial charge is 0.335 e. The van der Waals surface area contributed by atoms with Crippen LogP contribution in [-0.4, -0.2) is 11.1 Å². The molecule has 0 bridgehead atoms. The Labute approximate surface area is 146 Å². The van der Waals surface area contributed by atoms with Gasteiger partial charge in [-0.15, -0.1) is 0 Å². The second-order valence-corrected chi connectivity index (χ2v) is 7.04. The molecule has 0 aliphatic carbocycles. The Bertz CT molecular complexity index is 609. The molecule has 2 aromatic carbocycles. The van der Waals surface area contributed by atoms with Gasteiger partial charge in [0.2, 0.25) is 0 Å². The topological polar surface area (TPSA) is 37.3 Å². The number of benzene rings is 2. The number of hydrogen-bond acceptors (Lipinski definition) is 1. The normalized spacial score (nSPS) is 10.7. The Kier molecular flexibility index (Phi) is 8.25. The fraction of sp³-hybridized carbons (Fsp3) is 0.409. The Hall–Kier alpha value is -2.09. The van der Waals surface area contributed by atoms with Gasteiger partial charge in [0.25, 0.3) is 0 Å². The highest BCUT2D eigenvalue weighted by Crippen LogP contribution is 2.20. The summed E-state index contributed by atoms with van der Waals surface area (Å²) in [7, 11) is 0. The van der Waals surface area contributed by atoms with Crippen LogP contribution in [0.3, 0.4) is 0 Å². The lowest BCUT2D eigenvalue weighted by Gasteiger charge is -2.18. The van der Waals surface area contributed by atoms with E-state index in [1.807, 2.05) is 12.1 Å². The van der Waals surface area contributed by atoms with Gasteiger partial charge in [0.1, 0.15) is 0 Å². The molecular formula is C22H30O2. The zero-order chi connectivity index (χ0) is 18.0. The van der Waals surface area contributed by atoms with E-state index >= 15 is 0 Å². The largest absolute Gasteiger partial charge is 0.478 e. The highest BCUT2D eigenvalue weighted by molar-refractivity contribution is 5.89. The van der Waals surface area contributed by atoms with Crippen LogP contribution in [0.15, 0.2) is 54.6 Å². The summed E-state index contributed by atoms with van der Waals surface area (Å²) in [5, 5.41) is 8.92. The predicted molar refractivity (Wildman–Crippen MR) is 102 cm³/mol. The number of carbonyl (C=O) groups is 1. The first kappa shape index (κ1) is 20.0. The van der Waals surface area contributed by atoms with Crippen LogP contribution in [0.5, 0.6) is 0 Å². The molecule has 130 valence electrons. The van der Waals surface area contributed by atoms with Gasteiger partial charge in [-0.25, -0.2) is 4.79 Å². The van der Waals surface area contributed by atoms with Crippen LogP contribution >= 0.6 is 0 Å². The quantitative estimate of drug-likeness (QED) is 0.674. The second-order valence-electron chi connectivity index (χ2n) is 7.04. The molecule has 2 heteroatoms. The number of carboxylic acid groups (broad SMARTS) is 1. The van der Waals surface area contributed by atoms with Crippen molar-refractivity contribution in [2.24, 2.45) is 0 Å². The minimum Gasteiger partial charge on any atom is -0.478 e. The summed E-state index contributed by atoms with van der Waals surface area (Å²) in [5.41, 5.74) is 3.09. The first-order chi connectivity index (χ1) is 11.4. The van der Waals surface area contributed by atoms with Crippen molar-refractivity contribution in [3.63, 3.8) is 0 Å².